The molecule has 1 amide bonds. The number of hydrogen-bond donors (Lipinski definition) is 1. The van der Waals surface area contributed by atoms with Crippen LogP contribution in [-0.2, 0) is 19.1 Å². The van der Waals surface area contributed by atoms with Crippen molar-refractivity contribution in [2.45, 2.75) is 53.8 Å². The molecule has 0 saturated heterocycles. The second kappa shape index (κ2) is 13.1. The van der Waals surface area contributed by atoms with Gasteiger partial charge in [-0.3, -0.25) is 9.59 Å². The van der Waals surface area contributed by atoms with Crippen LogP contribution in [0.4, 0.5) is 4.79 Å². The van der Waals surface area contributed by atoms with Gasteiger partial charge < -0.3 is 19.5 Å². The molecule has 1 rings (SSSR count). The summed E-state index contributed by atoms with van der Waals surface area (Å²) in [6.07, 6.45) is -1.21. The molecular weight excluding hydrogens is 409 g/mol. The third kappa shape index (κ3) is 11.5. The maximum Gasteiger partial charge on any atom is 1.00 e. The van der Waals surface area contributed by atoms with E-state index >= 15 is 0 Å². The Kier molecular flexibility index (Phi) is 12.5. The Bertz CT molecular complexity index is 673. The van der Waals surface area contributed by atoms with E-state index < -0.39 is 29.7 Å². The molecule has 0 bridgehead atoms. The smallest absolute Gasteiger partial charge is 0.427 e. The quantitative estimate of drug-likeness (QED) is 0.217. The van der Waals surface area contributed by atoms with Gasteiger partial charge in [0.15, 0.2) is 0 Å². The molecule has 0 aliphatic rings. The fraction of sp³-hybridized carbons (Fsp3) is 0.550. The number of alkyl carbamates (subject to hydrolysis) is 1. The zero-order valence-corrected chi connectivity index (χ0v) is 20.7. The number of ether oxygens (including phenoxy) is 3. The van der Waals surface area contributed by atoms with Gasteiger partial charge in [-0.25, -0.2) is 4.79 Å². The molecule has 1 aromatic carbocycles. The summed E-state index contributed by atoms with van der Waals surface area (Å²) >= 11 is 5.77. The summed E-state index contributed by atoms with van der Waals surface area (Å²) in [4.78, 5) is 35.6. The Balaban J connectivity index is 0.00000784. The van der Waals surface area contributed by atoms with Gasteiger partial charge in [0.25, 0.3) is 6.29 Å². The first kappa shape index (κ1) is 27.7. The van der Waals surface area contributed by atoms with Crippen molar-refractivity contribution in [2.24, 2.45) is 11.3 Å². The van der Waals surface area contributed by atoms with Crippen LogP contribution in [0.25, 0.3) is 0 Å². The van der Waals surface area contributed by atoms with Crippen LogP contribution in [0.3, 0.4) is 0 Å². The number of halogens is 1. The maximum absolute atomic E-state index is 12.0. The summed E-state index contributed by atoms with van der Waals surface area (Å²) in [6.45, 7) is 8.93. The molecule has 9 heteroatoms. The monoisotopic (exact) mass is 436 g/mol. The van der Waals surface area contributed by atoms with Crippen molar-refractivity contribution in [3.63, 3.8) is 0 Å². The van der Waals surface area contributed by atoms with Gasteiger partial charge in [0.2, 0.25) is 0 Å². The van der Waals surface area contributed by atoms with Gasteiger partial charge in [-0.15, -0.1) is 0 Å². The Morgan fingerprint density at radius 2 is 1.66 bits per heavy atom. The SMILES string of the molecule is CC(C)C(OC(=O)NCCCC(=O)Oc1ccc(Cl)cc1)OC(=O)C(C)(C)C.[Na+]. The Morgan fingerprint density at radius 3 is 2.17 bits per heavy atom. The summed E-state index contributed by atoms with van der Waals surface area (Å²) in [5.41, 5.74) is -0.697. The first-order chi connectivity index (χ1) is 13.0. The maximum atomic E-state index is 12.0. The minimum Gasteiger partial charge on any atom is -0.427 e. The third-order valence-electron chi connectivity index (χ3n) is 3.48. The van der Waals surface area contributed by atoms with E-state index in [1.54, 1.807) is 58.9 Å². The van der Waals surface area contributed by atoms with Gasteiger partial charge in [0.1, 0.15) is 5.75 Å². The number of rotatable bonds is 8. The van der Waals surface area contributed by atoms with Crippen LogP contribution in [0.1, 0.15) is 47.5 Å². The van der Waals surface area contributed by atoms with Gasteiger partial charge >= 0.3 is 47.6 Å². The van der Waals surface area contributed by atoms with Crippen LogP contribution >= 0.6 is 11.6 Å². The number of benzene rings is 1. The molecule has 1 N–H and O–H groups in total. The van der Waals surface area contributed by atoms with Crippen LogP contribution < -0.4 is 39.6 Å². The predicted octanol–water partition coefficient (Wildman–Crippen LogP) is 1.33. The minimum absolute atomic E-state index is 0. The second-order valence-electron chi connectivity index (χ2n) is 7.63. The molecule has 0 radical (unpaired) electrons. The zero-order valence-electron chi connectivity index (χ0n) is 17.9. The van der Waals surface area contributed by atoms with E-state index in [2.05, 4.69) is 5.32 Å². The predicted molar refractivity (Wildman–Crippen MR) is 105 cm³/mol. The average Bonchev–Trinajstić information content (AvgIpc) is 2.59. The molecular formula is C20H28ClNNaO6+. The van der Waals surface area contributed by atoms with Gasteiger partial charge in [0.05, 0.1) is 5.41 Å². The topological polar surface area (TPSA) is 90.9 Å². The molecule has 0 heterocycles. The van der Waals surface area contributed by atoms with Gasteiger partial charge in [-0.05, 0) is 51.5 Å². The minimum atomic E-state index is -0.985. The number of esters is 2. The fourth-order valence-electron chi connectivity index (χ4n) is 1.83. The molecule has 0 spiro atoms. The van der Waals surface area contributed by atoms with Crippen LogP contribution in [0.5, 0.6) is 5.75 Å². The first-order valence-corrected chi connectivity index (χ1v) is 9.48. The number of carbonyl (C=O) groups is 3. The molecule has 1 unspecified atom stereocenters. The number of carbonyl (C=O) groups excluding carboxylic acids is 3. The summed E-state index contributed by atoms with van der Waals surface area (Å²) in [5, 5.41) is 3.08. The Morgan fingerprint density at radius 1 is 1.07 bits per heavy atom. The van der Waals surface area contributed by atoms with E-state index in [1.165, 1.54) is 0 Å². The standard InChI is InChI=1S/C20H28ClNO6.Na/c1-13(2)17(27-18(24)20(3,4)5)28-19(25)22-12-6-7-16(23)26-15-10-8-14(21)9-11-15;/h8-11,13,17H,6-7,12H2,1-5H3,(H,22,25);/q;+1. The van der Waals surface area contributed by atoms with Crippen molar-refractivity contribution in [3.8, 4) is 5.75 Å². The van der Waals surface area contributed by atoms with E-state index in [-0.39, 0.29) is 48.4 Å². The normalized spacial score (nSPS) is 11.8. The second-order valence-corrected chi connectivity index (χ2v) is 8.07. The molecule has 29 heavy (non-hydrogen) atoms. The molecule has 0 saturated carbocycles. The van der Waals surface area contributed by atoms with Gasteiger partial charge in [-0.1, -0.05) is 25.4 Å². The summed E-state index contributed by atoms with van der Waals surface area (Å²) < 4.78 is 15.6. The van der Waals surface area contributed by atoms with Crippen molar-refractivity contribution in [3.05, 3.63) is 29.3 Å². The Hall–Kier alpha value is -1.28. The van der Waals surface area contributed by atoms with Crippen LogP contribution in [0, 0.1) is 11.3 Å². The van der Waals surface area contributed by atoms with Crippen LogP contribution in [-0.4, -0.2) is 30.9 Å². The summed E-state index contributed by atoms with van der Waals surface area (Å²) in [5.74, 6) is -0.672. The van der Waals surface area contributed by atoms with Crippen LogP contribution in [0.15, 0.2) is 24.3 Å². The van der Waals surface area contributed by atoms with E-state index in [0.717, 1.165) is 0 Å². The molecule has 0 fully saturated rings. The van der Waals surface area contributed by atoms with Crippen molar-refractivity contribution >= 4 is 29.6 Å². The summed E-state index contributed by atoms with van der Waals surface area (Å²) in [7, 11) is 0. The molecule has 1 atom stereocenters. The van der Waals surface area contributed by atoms with E-state index in [9.17, 15) is 14.4 Å². The van der Waals surface area contributed by atoms with E-state index in [1.807, 2.05) is 0 Å². The Labute approximate surface area is 199 Å². The zero-order chi connectivity index (χ0) is 21.3. The molecule has 156 valence electrons. The van der Waals surface area contributed by atoms with E-state index in [4.69, 9.17) is 25.8 Å². The third-order valence-corrected chi connectivity index (χ3v) is 3.73. The van der Waals surface area contributed by atoms with Crippen molar-refractivity contribution in [1.29, 1.82) is 0 Å². The number of hydrogen-bond acceptors (Lipinski definition) is 6. The number of amides is 1. The fourth-order valence-corrected chi connectivity index (χ4v) is 1.96. The largest absolute Gasteiger partial charge is 1.00 e. The van der Waals surface area contributed by atoms with Crippen molar-refractivity contribution < 1.29 is 58.2 Å². The molecule has 1 aromatic rings. The van der Waals surface area contributed by atoms with Gasteiger partial charge in [-0.2, -0.15) is 0 Å². The van der Waals surface area contributed by atoms with Crippen LogP contribution in [0.2, 0.25) is 5.02 Å². The summed E-state index contributed by atoms with van der Waals surface area (Å²) in [6, 6.07) is 6.44. The molecule has 7 nitrogen and oxygen atoms in total. The first-order valence-electron chi connectivity index (χ1n) is 9.11. The van der Waals surface area contributed by atoms with Crippen molar-refractivity contribution in [2.75, 3.05) is 6.54 Å². The van der Waals surface area contributed by atoms with Gasteiger partial charge in [0, 0.05) is 23.9 Å². The number of nitrogens with one attached hydrogen (secondary N) is 1. The molecule has 0 aromatic heterocycles. The van der Waals surface area contributed by atoms with E-state index in [0.29, 0.717) is 17.2 Å². The van der Waals surface area contributed by atoms with Crippen molar-refractivity contribution in [1.82, 2.24) is 5.32 Å². The molecule has 0 aliphatic carbocycles. The molecule has 0 aliphatic heterocycles. The average molecular weight is 437 g/mol.